The minimum atomic E-state index is -0.115. The quantitative estimate of drug-likeness (QED) is 0.765. The highest BCUT2D eigenvalue weighted by Gasteiger charge is 2.26. The predicted molar refractivity (Wildman–Crippen MR) is 99.8 cm³/mol. The van der Waals surface area contributed by atoms with Gasteiger partial charge in [0.25, 0.3) is 5.91 Å². The molecule has 8 heteroatoms. The van der Waals surface area contributed by atoms with Crippen LogP contribution in [0.25, 0.3) is 0 Å². The zero-order valence-corrected chi connectivity index (χ0v) is 15.9. The number of aryl methyl sites for hydroxylation is 1. The van der Waals surface area contributed by atoms with E-state index in [0.29, 0.717) is 31.1 Å². The van der Waals surface area contributed by atoms with Crippen LogP contribution in [-0.2, 0) is 16.6 Å². The number of rotatable bonds is 6. The Balaban J connectivity index is 1.33. The van der Waals surface area contributed by atoms with Gasteiger partial charge in [0.05, 0.1) is 18.3 Å². The van der Waals surface area contributed by atoms with Crippen molar-refractivity contribution in [3.05, 3.63) is 18.0 Å². The van der Waals surface area contributed by atoms with Crippen molar-refractivity contribution in [3.8, 4) is 0 Å². The summed E-state index contributed by atoms with van der Waals surface area (Å²) in [6, 6.07) is 0. The largest absolute Gasteiger partial charge is 0.352 e. The van der Waals surface area contributed by atoms with Gasteiger partial charge in [0, 0.05) is 38.8 Å². The number of nitrogens with one attached hydrogen (secondary N) is 2. The van der Waals surface area contributed by atoms with E-state index < -0.39 is 0 Å². The number of hydrogen-bond acceptors (Lipinski definition) is 4. The minimum absolute atomic E-state index is 0.0146. The number of piperidine rings is 1. The molecule has 2 heterocycles. The Labute approximate surface area is 159 Å². The van der Waals surface area contributed by atoms with E-state index in [-0.39, 0.29) is 30.2 Å². The second kappa shape index (κ2) is 9.01. The summed E-state index contributed by atoms with van der Waals surface area (Å²) in [4.78, 5) is 38.2. The SMILES string of the molecule is Cn1cc(C(=O)NCC2CCN(C(=O)CNC(=O)C3CCCC3)CC2)cn1. The zero-order valence-electron chi connectivity index (χ0n) is 15.9. The standard InChI is InChI=1S/C19H29N5O3/c1-23-13-16(11-22-23)19(27)20-10-14-6-8-24(9-7-14)17(25)12-21-18(26)15-4-2-3-5-15/h11,13-15H,2-10,12H2,1H3,(H,20,27)(H,21,26). The molecule has 0 aromatic carbocycles. The Morgan fingerprint density at radius 1 is 1.11 bits per heavy atom. The lowest BCUT2D eigenvalue weighted by atomic mass is 9.96. The fourth-order valence-electron chi connectivity index (χ4n) is 3.87. The molecule has 1 saturated heterocycles. The third kappa shape index (κ3) is 5.30. The van der Waals surface area contributed by atoms with Crippen molar-refractivity contribution in [1.82, 2.24) is 25.3 Å². The first-order valence-electron chi connectivity index (χ1n) is 9.85. The third-order valence-electron chi connectivity index (χ3n) is 5.63. The molecule has 8 nitrogen and oxygen atoms in total. The number of hydrogen-bond donors (Lipinski definition) is 2. The lowest BCUT2D eigenvalue weighted by Crippen LogP contribution is -2.46. The van der Waals surface area contributed by atoms with Crippen molar-refractivity contribution in [2.45, 2.75) is 38.5 Å². The highest BCUT2D eigenvalue weighted by Crippen LogP contribution is 2.24. The van der Waals surface area contributed by atoms with E-state index >= 15 is 0 Å². The van der Waals surface area contributed by atoms with Gasteiger partial charge >= 0.3 is 0 Å². The first-order chi connectivity index (χ1) is 13.0. The second-order valence-electron chi connectivity index (χ2n) is 7.64. The first kappa shape index (κ1) is 19.4. The molecule has 2 aliphatic rings. The number of amides is 3. The number of aromatic nitrogens is 2. The molecule has 2 fully saturated rings. The fourth-order valence-corrected chi connectivity index (χ4v) is 3.87. The molecule has 1 aliphatic carbocycles. The summed E-state index contributed by atoms with van der Waals surface area (Å²) in [5.41, 5.74) is 0.558. The van der Waals surface area contributed by atoms with Crippen LogP contribution in [-0.4, -0.2) is 58.6 Å². The summed E-state index contributed by atoms with van der Waals surface area (Å²) in [6.07, 6.45) is 9.05. The van der Waals surface area contributed by atoms with Crippen molar-refractivity contribution in [1.29, 1.82) is 0 Å². The Kier molecular flexibility index (Phi) is 6.47. The molecule has 0 bridgehead atoms. The van der Waals surface area contributed by atoms with E-state index in [4.69, 9.17) is 0 Å². The Hall–Kier alpha value is -2.38. The van der Waals surface area contributed by atoms with Gasteiger partial charge in [0.2, 0.25) is 11.8 Å². The topological polar surface area (TPSA) is 96.3 Å². The normalized spacial score (nSPS) is 18.5. The van der Waals surface area contributed by atoms with Crippen LogP contribution >= 0.6 is 0 Å². The molecule has 148 valence electrons. The van der Waals surface area contributed by atoms with Crippen LogP contribution < -0.4 is 10.6 Å². The molecule has 0 radical (unpaired) electrons. The van der Waals surface area contributed by atoms with Crippen LogP contribution in [0, 0.1) is 11.8 Å². The molecule has 27 heavy (non-hydrogen) atoms. The molecule has 1 aromatic rings. The fraction of sp³-hybridized carbons (Fsp3) is 0.684. The highest BCUT2D eigenvalue weighted by molar-refractivity contribution is 5.93. The molecule has 3 amide bonds. The van der Waals surface area contributed by atoms with Crippen molar-refractivity contribution >= 4 is 17.7 Å². The minimum Gasteiger partial charge on any atom is -0.352 e. The van der Waals surface area contributed by atoms with Gasteiger partial charge in [0.1, 0.15) is 0 Å². The summed E-state index contributed by atoms with van der Waals surface area (Å²) >= 11 is 0. The van der Waals surface area contributed by atoms with Crippen molar-refractivity contribution < 1.29 is 14.4 Å². The molecule has 1 aromatic heterocycles. The summed E-state index contributed by atoms with van der Waals surface area (Å²) in [6.45, 7) is 2.04. The predicted octanol–water partition coefficient (Wildman–Crippen LogP) is 0.695. The van der Waals surface area contributed by atoms with Crippen molar-refractivity contribution in [3.63, 3.8) is 0 Å². The maximum absolute atomic E-state index is 12.3. The van der Waals surface area contributed by atoms with Crippen LogP contribution in [0.5, 0.6) is 0 Å². The summed E-state index contributed by atoms with van der Waals surface area (Å²) < 4.78 is 1.60. The van der Waals surface area contributed by atoms with Crippen molar-refractivity contribution in [2.75, 3.05) is 26.2 Å². The summed E-state index contributed by atoms with van der Waals surface area (Å²) in [5, 5.41) is 9.74. The molecule has 1 saturated carbocycles. The maximum atomic E-state index is 12.3. The molecule has 0 spiro atoms. The average Bonchev–Trinajstić information content (AvgIpc) is 3.36. The van der Waals surface area contributed by atoms with Crippen LogP contribution in [0.2, 0.25) is 0 Å². The van der Waals surface area contributed by atoms with Gasteiger partial charge < -0.3 is 15.5 Å². The van der Waals surface area contributed by atoms with Gasteiger partial charge in [-0.25, -0.2) is 0 Å². The molecule has 0 atom stereocenters. The smallest absolute Gasteiger partial charge is 0.254 e. The maximum Gasteiger partial charge on any atom is 0.254 e. The molecule has 0 unspecified atom stereocenters. The number of carbonyl (C=O) groups is 3. The van der Waals surface area contributed by atoms with Gasteiger partial charge in [-0.15, -0.1) is 0 Å². The van der Waals surface area contributed by atoms with Crippen LogP contribution in [0.1, 0.15) is 48.9 Å². The van der Waals surface area contributed by atoms with Gasteiger partial charge in [-0.2, -0.15) is 5.10 Å². The number of carbonyl (C=O) groups excluding carboxylic acids is 3. The Morgan fingerprint density at radius 2 is 1.81 bits per heavy atom. The molecular weight excluding hydrogens is 346 g/mol. The van der Waals surface area contributed by atoms with Crippen LogP contribution in [0.15, 0.2) is 12.4 Å². The Morgan fingerprint density at radius 3 is 2.44 bits per heavy atom. The van der Waals surface area contributed by atoms with Gasteiger partial charge in [-0.05, 0) is 31.6 Å². The van der Waals surface area contributed by atoms with E-state index in [9.17, 15) is 14.4 Å². The van der Waals surface area contributed by atoms with Crippen LogP contribution in [0.4, 0.5) is 0 Å². The molecule has 2 N–H and O–H groups in total. The van der Waals surface area contributed by atoms with Gasteiger partial charge in [-0.1, -0.05) is 12.8 Å². The lowest BCUT2D eigenvalue weighted by Gasteiger charge is -2.32. The van der Waals surface area contributed by atoms with E-state index in [0.717, 1.165) is 38.5 Å². The lowest BCUT2D eigenvalue weighted by molar-refractivity contribution is -0.134. The molecular formula is C19H29N5O3. The second-order valence-corrected chi connectivity index (χ2v) is 7.64. The van der Waals surface area contributed by atoms with E-state index in [1.165, 1.54) is 0 Å². The number of nitrogens with zero attached hydrogens (tertiary/aromatic N) is 3. The van der Waals surface area contributed by atoms with Gasteiger partial charge in [-0.3, -0.25) is 19.1 Å². The average molecular weight is 375 g/mol. The molecule has 3 rings (SSSR count). The zero-order chi connectivity index (χ0) is 19.2. The van der Waals surface area contributed by atoms with E-state index in [1.807, 2.05) is 4.90 Å². The molecule has 1 aliphatic heterocycles. The Bertz CT molecular complexity index is 673. The first-order valence-corrected chi connectivity index (χ1v) is 9.85. The van der Waals surface area contributed by atoms with Crippen LogP contribution in [0.3, 0.4) is 0 Å². The van der Waals surface area contributed by atoms with Gasteiger partial charge in [0.15, 0.2) is 0 Å². The summed E-state index contributed by atoms with van der Waals surface area (Å²) in [5.74, 6) is 0.346. The number of likely N-dealkylation sites (tertiary alicyclic amines) is 1. The monoisotopic (exact) mass is 375 g/mol. The van der Waals surface area contributed by atoms with Crippen molar-refractivity contribution in [2.24, 2.45) is 18.9 Å². The van der Waals surface area contributed by atoms with E-state index in [2.05, 4.69) is 15.7 Å². The summed E-state index contributed by atoms with van der Waals surface area (Å²) in [7, 11) is 1.78. The highest BCUT2D eigenvalue weighted by atomic mass is 16.2. The van der Waals surface area contributed by atoms with E-state index in [1.54, 1.807) is 24.1 Å². The third-order valence-corrected chi connectivity index (χ3v) is 5.63.